The molecule has 0 aliphatic rings. The fraction of sp³-hybridized carbons (Fsp3) is 0.375. The number of nitrogens with zero attached hydrogens (tertiary/aromatic N) is 3. The van der Waals surface area contributed by atoms with Gasteiger partial charge in [0.2, 0.25) is 5.91 Å². The van der Waals surface area contributed by atoms with E-state index in [9.17, 15) is 4.79 Å². The van der Waals surface area contributed by atoms with Gasteiger partial charge in [0.05, 0.1) is 0 Å². The Morgan fingerprint density at radius 3 is 3.15 bits per heavy atom. The molecule has 5 heteroatoms. The van der Waals surface area contributed by atoms with Gasteiger partial charge < -0.3 is 5.32 Å². The van der Waals surface area contributed by atoms with Crippen LogP contribution in [-0.4, -0.2) is 27.2 Å². The van der Waals surface area contributed by atoms with Crippen molar-refractivity contribution < 1.29 is 4.79 Å². The second kappa shape index (κ2) is 4.39. The molecule has 1 aromatic heterocycles. The molecule has 1 N–H and O–H groups in total. The molecule has 0 fully saturated rings. The van der Waals surface area contributed by atoms with Gasteiger partial charge in [0, 0.05) is 20.0 Å². The van der Waals surface area contributed by atoms with Crippen molar-refractivity contribution >= 4 is 5.91 Å². The smallest absolute Gasteiger partial charge is 0.243 e. The summed E-state index contributed by atoms with van der Waals surface area (Å²) >= 11 is 0. The first-order valence-electron chi connectivity index (χ1n) is 3.97. The normalized spacial score (nSPS) is 9.62. The molecule has 13 heavy (non-hydrogen) atoms. The summed E-state index contributed by atoms with van der Waals surface area (Å²) in [6, 6.07) is 0. The second-order valence-electron chi connectivity index (χ2n) is 2.58. The molecule has 0 radical (unpaired) electrons. The zero-order valence-electron chi connectivity index (χ0n) is 7.53. The molecule has 0 aliphatic carbocycles. The number of hydrogen-bond acceptors (Lipinski definition) is 3. The van der Waals surface area contributed by atoms with Crippen LogP contribution in [0.3, 0.4) is 0 Å². The number of nitrogens with one attached hydrogen (secondary N) is 1. The lowest BCUT2D eigenvalue weighted by atomic mass is 10.4. The Bertz CT molecular complexity index is 305. The number of aromatic nitrogens is 3. The van der Waals surface area contributed by atoms with Gasteiger partial charge in [0.15, 0.2) is 5.82 Å². The average Bonchev–Trinajstić information content (AvgIpc) is 2.51. The summed E-state index contributed by atoms with van der Waals surface area (Å²) in [5, 5.41) is 6.71. The third-order valence-corrected chi connectivity index (χ3v) is 1.48. The van der Waals surface area contributed by atoms with Crippen LogP contribution in [0.15, 0.2) is 19.0 Å². The highest BCUT2D eigenvalue weighted by molar-refractivity contribution is 5.86. The number of rotatable bonds is 4. The van der Waals surface area contributed by atoms with Gasteiger partial charge in [0.1, 0.15) is 6.33 Å². The Hall–Kier alpha value is -1.65. The van der Waals surface area contributed by atoms with Crippen LogP contribution in [0.2, 0.25) is 0 Å². The highest BCUT2D eigenvalue weighted by Gasteiger charge is 1.98. The van der Waals surface area contributed by atoms with Gasteiger partial charge in [-0.15, -0.1) is 0 Å². The molecule has 0 saturated heterocycles. The van der Waals surface area contributed by atoms with Crippen molar-refractivity contribution in [1.29, 1.82) is 0 Å². The van der Waals surface area contributed by atoms with E-state index in [0.717, 1.165) is 5.82 Å². The van der Waals surface area contributed by atoms with E-state index in [4.69, 9.17) is 0 Å². The van der Waals surface area contributed by atoms with E-state index in [-0.39, 0.29) is 5.91 Å². The monoisotopic (exact) mass is 180 g/mol. The van der Waals surface area contributed by atoms with Gasteiger partial charge in [-0.2, -0.15) is 5.10 Å². The van der Waals surface area contributed by atoms with Crippen molar-refractivity contribution in [2.24, 2.45) is 7.05 Å². The third kappa shape index (κ3) is 3.06. The minimum Gasteiger partial charge on any atom is -0.352 e. The van der Waals surface area contributed by atoms with Gasteiger partial charge in [0.25, 0.3) is 0 Å². The third-order valence-electron chi connectivity index (χ3n) is 1.48. The molecule has 1 amide bonds. The summed E-state index contributed by atoms with van der Waals surface area (Å²) in [5.74, 6) is 0.558. The van der Waals surface area contributed by atoms with Crippen molar-refractivity contribution in [3.63, 3.8) is 0 Å². The van der Waals surface area contributed by atoms with Gasteiger partial charge >= 0.3 is 0 Å². The molecule has 0 aromatic carbocycles. The predicted octanol–water partition coefficient (Wildman–Crippen LogP) is -0.340. The SMILES string of the molecule is C=CC(=O)NCCc1ncn(C)n1. The van der Waals surface area contributed by atoms with E-state index in [0.29, 0.717) is 13.0 Å². The Kier molecular flexibility index (Phi) is 3.19. The van der Waals surface area contributed by atoms with Crippen molar-refractivity contribution in [3.05, 3.63) is 24.8 Å². The zero-order chi connectivity index (χ0) is 9.68. The molecule has 0 saturated carbocycles. The zero-order valence-corrected chi connectivity index (χ0v) is 7.53. The summed E-state index contributed by atoms with van der Waals surface area (Å²) in [4.78, 5) is 14.7. The molecule has 0 bridgehead atoms. The Balaban J connectivity index is 2.27. The molecule has 0 aliphatic heterocycles. The van der Waals surface area contributed by atoms with E-state index in [1.54, 1.807) is 18.1 Å². The van der Waals surface area contributed by atoms with Crippen LogP contribution in [0.4, 0.5) is 0 Å². The van der Waals surface area contributed by atoms with Crippen molar-refractivity contribution in [2.75, 3.05) is 6.54 Å². The van der Waals surface area contributed by atoms with E-state index < -0.39 is 0 Å². The molecule has 1 aromatic rings. The second-order valence-corrected chi connectivity index (χ2v) is 2.58. The lowest BCUT2D eigenvalue weighted by Crippen LogP contribution is -2.23. The molecule has 1 heterocycles. The highest BCUT2D eigenvalue weighted by Crippen LogP contribution is 1.87. The lowest BCUT2D eigenvalue weighted by molar-refractivity contribution is -0.116. The summed E-state index contributed by atoms with van der Waals surface area (Å²) in [5.41, 5.74) is 0. The van der Waals surface area contributed by atoms with Gasteiger partial charge in [-0.25, -0.2) is 4.98 Å². The summed E-state index contributed by atoms with van der Waals surface area (Å²) in [6.07, 6.45) is 3.51. The number of amides is 1. The Labute approximate surface area is 76.5 Å². The van der Waals surface area contributed by atoms with Crippen LogP contribution in [-0.2, 0) is 18.3 Å². The largest absolute Gasteiger partial charge is 0.352 e. The number of hydrogen-bond donors (Lipinski definition) is 1. The maximum Gasteiger partial charge on any atom is 0.243 e. The highest BCUT2D eigenvalue weighted by atomic mass is 16.1. The fourth-order valence-electron chi connectivity index (χ4n) is 0.868. The topological polar surface area (TPSA) is 59.8 Å². The Morgan fingerprint density at radius 1 is 1.85 bits per heavy atom. The lowest BCUT2D eigenvalue weighted by Gasteiger charge is -1.97. The van der Waals surface area contributed by atoms with Crippen molar-refractivity contribution in [3.8, 4) is 0 Å². The molecular formula is C8H12N4O. The van der Waals surface area contributed by atoms with E-state index in [1.807, 2.05) is 0 Å². The van der Waals surface area contributed by atoms with Gasteiger partial charge in [-0.1, -0.05) is 6.58 Å². The van der Waals surface area contributed by atoms with Gasteiger partial charge in [-0.3, -0.25) is 9.48 Å². The van der Waals surface area contributed by atoms with E-state index in [1.165, 1.54) is 6.08 Å². The molecule has 5 nitrogen and oxygen atoms in total. The predicted molar refractivity (Wildman–Crippen MR) is 47.9 cm³/mol. The average molecular weight is 180 g/mol. The first kappa shape index (κ1) is 9.44. The first-order valence-corrected chi connectivity index (χ1v) is 3.97. The summed E-state index contributed by atoms with van der Waals surface area (Å²) in [6.45, 7) is 3.88. The molecule has 0 spiro atoms. The van der Waals surface area contributed by atoms with Crippen LogP contribution in [0.1, 0.15) is 5.82 Å². The maximum absolute atomic E-state index is 10.7. The number of carbonyl (C=O) groups is 1. The van der Waals surface area contributed by atoms with Crippen LogP contribution in [0, 0.1) is 0 Å². The summed E-state index contributed by atoms with van der Waals surface area (Å²) in [7, 11) is 1.80. The van der Waals surface area contributed by atoms with E-state index >= 15 is 0 Å². The van der Waals surface area contributed by atoms with Crippen molar-refractivity contribution in [1.82, 2.24) is 20.1 Å². The minimum atomic E-state index is -0.170. The number of aryl methyl sites for hydroxylation is 1. The quantitative estimate of drug-likeness (QED) is 0.645. The fourth-order valence-corrected chi connectivity index (χ4v) is 0.868. The van der Waals surface area contributed by atoms with Crippen LogP contribution in [0.25, 0.3) is 0 Å². The molecule has 0 atom stereocenters. The summed E-state index contributed by atoms with van der Waals surface area (Å²) < 4.78 is 1.63. The standard InChI is InChI=1S/C8H12N4O/c1-3-8(13)9-5-4-7-10-6-12(2)11-7/h3,6H,1,4-5H2,2H3,(H,9,13). The minimum absolute atomic E-state index is 0.170. The van der Waals surface area contributed by atoms with Crippen LogP contribution < -0.4 is 5.32 Å². The van der Waals surface area contributed by atoms with Gasteiger partial charge in [-0.05, 0) is 6.08 Å². The van der Waals surface area contributed by atoms with Crippen LogP contribution in [0.5, 0.6) is 0 Å². The maximum atomic E-state index is 10.7. The Morgan fingerprint density at radius 2 is 2.62 bits per heavy atom. The van der Waals surface area contributed by atoms with Crippen LogP contribution >= 0.6 is 0 Å². The molecule has 70 valence electrons. The molecule has 1 rings (SSSR count). The molecule has 0 unspecified atom stereocenters. The molecular weight excluding hydrogens is 168 g/mol. The van der Waals surface area contributed by atoms with Crippen molar-refractivity contribution in [2.45, 2.75) is 6.42 Å². The first-order chi connectivity index (χ1) is 6.22. The van der Waals surface area contributed by atoms with E-state index in [2.05, 4.69) is 22.0 Å². The number of carbonyl (C=O) groups excluding carboxylic acids is 1.